The van der Waals surface area contributed by atoms with E-state index in [1.807, 2.05) is 42.6 Å². The third-order valence-electron chi connectivity index (χ3n) is 8.01. The molecule has 214 valence electrons. The summed E-state index contributed by atoms with van der Waals surface area (Å²) in [6.07, 6.45) is 5.38. The van der Waals surface area contributed by atoms with Crippen LogP contribution in [-0.4, -0.2) is 24.6 Å². The van der Waals surface area contributed by atoms with Gasteiger partial charge < -0.3 is 5.11 Å². The number of imidazole rings is 1. The first-order chi connectivity index (χ1) is 21.4. The smallest absolute Gasteiger partial charge is 0.151 e. The molecular weight excluding hydrogens is 540 g/mol. The molecule has 0 spiro atoms. The lowest BCUT2D eigenvalue weighted by Crippen LogP contribution is -2.12. The maximum Gasteiger partial charge on any atom is 0.151 e. The fraction of sp³-hybridized carbons (Fsp3) is 0.103. The number of hydrogen-bond acceptors (Lipinski definition) is 4. The molecule has 1 N–H and O–H groups in total. The maximum atomic E-state index is 11.5. The number of fused-ring (bicyclic) bond motifs is 1. The lowest BCUT2D eigenvalue weighted by atomic mass is 9.86. The highest BCUT2D eigenvalue weighted by atomic mass is 16.3. The molecule has 5 heteroatoms. The number of rotatable bonds is 5. The monoisotopic (exact) mass is 572 g/mol. The third-order valence-corrected chi connectivity index (χ3v) is 8.01. The van der Waals surface area contributed by atoms with Crippen molar-refractivity contribution < 1.29 is 5.11 Å². The molecule has 0 fully saturated rings. The van der Waals surface area contributed by atoms with Crippen LogP contribution in [0.25, 0.3) is 61.6 Å². The van der Waals surface area contributed by atoms with Crippen LogP contribution < -0.4 is 0 Å². The second-order valence-corrected chi connectivity index (χ2v) is 12.0. The van der Waals surface area contributed by atoms with E-state index in [2.05, 4.69) is 109 Å². The van der Waals surface area contributed by atoms with Gasteiger partial charge in [0.05, 0.1) is 22.3 Å². The summed E-state index contributed by atoms with van der Waals surface area (Å²) in [5.41, 5.74) is 10.0. The van der Waals surface area contributed by atoms with Crippen LogP contribution in [0.5, 0.6) is 5.75 Å². The minimum Gasteiger partial charge on any atom is -0.507 e. The van der Waals surface area contributed by atoms with Crippen LogP contribution in [0.15, 0.2) is 134 Å². The first-order valence-electron chi connectivity index (χ1n) is 14.8. The quantitative estimate of drug-likeness (QED) is 0.223. The summed E-state index contributed by atoms with van der Waals surface area (Å²) in [7, 11) is 0. The van der Waals surface area contributed by atoms with Gasteiger partial charge in [0, 0.05) is 46.5 Å². The van der Waals surface area contributed by atoms with Gasteiger partial charge in [-0.05, 0) is 46.9 Å². The molecule has 0 aliphatic rings. The van der Waals surface area contributed by atoms with E-state index in [1.165, 1.54) is 0 Å². The first kappa shape index (κ1) is 27.3. The minimum absolute atomic E-state index is 0.202. The van der Waals surface area contributed by atoms with Gasteiger partial charge in [-0.15, -0.1) is 0 Å². The zero-order valence-corrected chi connectivity index (χ0v) is 24.9. The van der Waals surface area contributed by atoms with Gasteiger partial charge in [-0.25, -0.2) is 4.98 Å². The molecular formula is C39H32N4O. The van der Waals surface area contributed by atoms with Crippen LogP contribution in [0, 0.1) is 0 Å². The summed E-state index contributed by atoms with van der Waals surface area (Å²) >= 11 is 0. The fourth-order valence-corrected chi connectivity index (χ4v) is 5.73. The molecule has 44 heavy (non-hydrogen) atoms. The highest BCUT2D eigenvalue weighted by molar-refractivity contribution is 5.96. The Hall–Kier alpha value is -5.55. The van der Waals surface area contributed by atoms with Gasteiger partial charge in [0.25, 0.3) is 0 Å². The molecule has 0 atom stereocenters. The van der Waals surface area contributed by atoms with Gasteiger partial charge in [-0.1, -0.05) is 106 Å². The molecule has 7 aromatic rings. The number of hydrogen-bond donors (Lipinski definition) is 1. The number of pyridine rings is 2. The maximum absolute atomic E-state index is 11.5. The zero-order chi connectivity index (χ0) is 30.3. The summed E-state index contributed by atoms with van der Waals surface area (Å²) in [6, 6.07) is 39.3. The van der Waals surface area contributed by atoms with E-state index in [0.29, 0.717) is 11.4 Å². The Morgan fingerprint density at radius 1 is 0.614 bits per heavy atom. The normalized spacial score (nSPS) is 11.6. The Morgan fingerprint density at radius 3 is 2.05 bits per heavy atom. The highest BCUT2D eigenvalue weighted by Gasteiger charge is 2.25. The molecule has 4 aromatic carbocycles. The van der Waals surface area contributed by atoms with Crippen molar-refractivity contribution >= 4 is 11.0 Å². The van der Waals surface area contributed by atoms with Crippen LogP contribution in [0.2, 0.25) is 0 Å². The third kappa shape index (κ3) is 4.92. The second-order valence-electron chi connectivity index (χ2n) is 12.0. The summed E-state index contributed by atoms with van der Waals surface area (Å²) in [5, 5.41) is 11.5. The lowest BCUT2D eigenvalue weighted by Gasteiger charge is -2.21. The van der Waals surface area contributed by atoms with Crippen molar-refractivity contribution in [1.29, 1.82) is 0 Å². The molecule has 5 nitrogen and oxygen atoms in total. The average Bonchev–Trinajstić information content (AvgIpc) is 3.45. The number of nitrogens with zero attached hydrogens (tertiary/aromatic N) is 4. The van der Waals surface area contributed by atoms with E-state index in [0.717, 1.165) is 55.8 Å². The van der Waals surface area contributed by atoms with Gasteiger partial charge in [0.15, 0.2) is 5.82 Å². The van der Waals surface area contributed by atoms with Gasteiger partial charge in [-0.2, -0.15) is 0 Å². The van der Waals surface area contributed by atoms with Crippen LogP contribution in [0.4, 0.5) is 0 Å². The van der Waals surface area contributed by atoms with Crippen molar-refractivity contribution in [1.82, 2.24) is 19.5 Å². The van der Waals surface area contributed by atoms with Crippen molar-refractivity contribution in [3.63, 3.8) is 0 Å². The Balaban J connectivity index is 1.38. The summed E-state index contributed by atoms with van der Waals surface area (Å²) < 4.78 is 2.11. The molecule has 0 aliphatic carbocycles. The molecule has 0 bridgehead atoms. The Bertz CT molecular complexity index is 2090. The van der Waals surface area contributed by atoms with Crippen molar-refractivity contribution in [2.24, 2.45) is 0 Å². The molecule has 3 aromatic heterocycles. The van der Waals surface area contributed by atoms with E-state index < -0.39 is 0 Å². The topological polar surface area (TPSA) is 63.8 Å². The number of para-hydroxylation sites is 2. The largest absolute Gasteiger partial charge is 0.507 e. The summed E-state index contributed by atoms with van der Waals surface area (Å²) in [6.45, 7) is 6.22. The second kappa shape index (κ2) is 10.9. The summed E-state index contributed by atoms with van der Waals surface area (Å²) in [5.74, 6) is 0.845. The van der Waals surface area contributed by atoms with Crippen LogP contribution in [0.3, 0.4) is 0 Å². The first-order valence-corrected chi connectivity index (χ1v) is 14.8. The molecule has 0 radical (unpaired) electrons. The van der Waals surface area contributed by atoms with Crippen molar-refractivity contribution in [2.75, 3.05) is 0 Å². The number of benzene rings is 4. The number of aromatic hydroxyl groups is 1. The predicted octanol–water partition coefficient (Wildman–Crippen LogP) is 9.49. The van der Waals surface area contributed by atoms with Crippen molar-refractivity contribution in [3.05, 3.63) is 139 Å². The van der Waals surface area contributed by atoms with Crippen molar-refractivity contribution in [2.45, 2.75) is 26.2 Å². The van der Waals surface area contributed by atoms with Crippen LogP contribution in [0.1, 0.15) is 26.3 Å². The van der Waals surface area contributed by atoms with E-state index >= 15 is 0 Å². The minimum atomic E-state index is -0.282. The lowest BCUT2D eigenvalue weighted by molar-refractivity contribution is 0.446. The van der Waals surface area contributed by atoms with Crippen molar-refractivity contribution in [3.8, 4) is 56.3 Å². The average molecular weight is 573 g/mol. The molecule has 0 saturated carbocycles. The molecule has 0 amide bonds. The van der Waals surface area contributed by atoms with Crippen LogP contribution in [-0.2, 0) is 5.41 Å². The molecule has 3 heterocycles. The Labute approximate surface area is 257 Å². The van der Waals surface area contributed by atoms with E-state index in [4.69, 9.17) is 9.97 Å². The number of aromatic nitrogens is 4. The molecule has 0 saturated heterocycles. The van der Waals surface area contributed by atoms with Gasteiger partial charge in [0.1, 0.15) is 5.75 Å². The Kier molecular flexibility index (Phi) is 6.78. The van der Waals surface area contributed by atoms with E-state index in [9.17, 15) is 5.11 Å². The molecule has 0 aliphatic heterocycles. The van der Waals surface area contributed by atoms with Crippen LogP contribution >= 0.6 is 0 Å². The zero-order valence-electron chi connectivity index (χ0n) is 24.9. The van der Waals surface area contributed by atoms with E-state index in [-0.39, 0.29) is 11.2 Å². The molecule has 7 rings (SSSR count). The summed E-state index contributed by atoms with van der Waals surface area (Å²) in [4.78, 5) is 14.5. The van der Waals surface area contributed by atoms with Gasteiger partial charge in [-0.3, -0.25) is 14.5 Å². The fourth-order valence-electron chi connectivity index (χ4n) is 5.73. The van der Waals surface area contributed by atoms with E-state index in [1.54, 1.807) is 12.4 Å². The standard InChI is InChI=1S/C39H32N4O/c1-39(2,3)33-25-40-24-32(37(33)44)38-42-36-31(18-11-19-35(36)43(38)30-16-8-5-9-17-30)27-14-10-15-28(22-27)34-21-20-29(23-41-34)26-12-6-4-7-13-26/h4-25H,1-3H3,(H,40,44). The predicted molar refractivity (Wildman–Crippen MR) is 179 cm³/mol. The highest BCUT2D eigenvalue weighted by Crippen LogP contribution is 2.41. The Morgan fingerprint density at radius 2 is 1.32 bits per heavy atom. The SMILES string of the molecule is CC(C)(C)c1cncc(-c2nc3c(-c4cccc(-c5ccc(-c6ccccc6)cn5)c4)cccc3n2-c2ccccc2)c1O. The van der Waals surface area contributed by atoms with Gasteiger partial charge in [0.2, 0.25) is 0 Å². The van der Waals surface area contributed by atoms with Gasteiger partial charge >= 0.3 is 0 Å². The molecule has 0 unspecified atom stereocenters.